The van der Waals surface area contributed by atoms with Crippen LogP contribution in [0.5, 0.6) is 0 Å². The number of hydrogen-bond acceptors (Lipinski definition) is 5. The second-order valence-electron chi connectivity index (χ2n) is 4.57. The topological polar surface area (TPSA) is 77.2 Å². The molecule has 1 aromatic heterocycles. The van der Waals surface area contributed by atoms with E-state index in [0.29, 0.717) is 6.54 Å². The van der Waals surface area contributed by atoms with Gasteiger partial charge in [-0.3, -0.25) is 4.98 Å². The van der Waals surface area contributed by atoms with Gasteiger partial charge in [-0.25, -0.2) is 9.18 Å². The lowest BCUT2D eigenvalue weighted by atomic mass is 10.1. The summed E-state index contributed by atoms with van der Waals surface area (Å²) in [6.45, 7) is 2.33. The fraction of sp³-hybridized carbons (Fsp3) is 0.200. The van der Waals surface area contributed by atoms with Gasteiger partial charge in [0.05, 0.1) is 18.4 Å². The van der Waals surface area contributed by atoms with E-state index in [2.05, 4.69) is 15.0 Å². The van der Waals surface area contributed by atoms with Gasteiger partial charge in [0, 0.05) is 24.6 Å². The summed E-state index contributed by atoms with van der Waals surface area (Å²) in [5.74, 6) is -1.12. The molecular formula is C15H16FN3O2. The van der Waals surface area contributed by atoms with Crippen LogP contribution in [0, 0.1) is 12.7 Å². The molecule has 0 radical (unpaired) electrons. The lowest BCUT2D eigenvalue weighted by molar-refractivity contribution is 0.0602. The number of nitrogens with one attached hydrogen (secondary N) is 1. The van der Waals surface area contributed by atoms with Crippen molar-refractivity contribution in [2.45, 2.75) is 13.5 Å². The molecule has 0 atom stereocenters. The van der Waals surface area contributed by atoms with Crippen LogP contribution in [-0.4, -0.2) is 18.1 Å². The highest BCUT2D eigenvalue weighted by Crippen LogP contribution is 2.23. The SMILES string of the molecule is COC(=O)c1cc(NCc2ccncc2C)c(F)cc1N. The Bertz CT molecular complexity index is 674. The summed E-state index contributed by atoms with van der Waals surface area (Å²) in [4.78, 5) is 15.6. The molecule has 21 heavy (non-hydrogen) atoms. The van der Waals surface area contributed by atoms with Gasteiger partial charge in [0.25, 0.3) is 0 Å². The first-order valence-corrected chi connectivity index (χ1v) is 6.33. The van der Waals surface area contributed by atoms with Gasteiger partial charge in [0.2, 0.25) is 0 Å². The first-order valence-electron chi connectivity index (χ1n) is 6.33. The molecule has 1 heterocycles. The van der Waals surface area contributed by atoms with Crippen LogP contribution in [0.25, 0.3) is 0 Å². The number of hydrogen-bond donors (Lipinski definition) is 2. The number of anilines is 2. The molecule has 6 heteroatoms. The zero-order valence-corrected chi connectivity index (χ0v) is 11.8. The summed E-state index contributed by atoms with van der Waals surface area (Å²) >= 11 is 0. The third-order valence-electron chi connectivity index (χ3n) is 3.15. The normalized spacial score (nSPS) is 10.2. The van der Waals surface area contributed by atoms with Gasteiger partial charge < -0.3 is 15.8 Å². The summed E-state index contributed by atoms with van der Waals surface area (Å²) < 4.78 is 18.5. The summed E-state index contributed by atoms with van der Waals surface area (Å²) in [7, 11) is 1.25. The minimum Gasteiger partial charge on any atom is -0.465 e. The van der Waals surface area contributed by atoms with Crippen LogP contribution in [0.3, 0.4) is 0 Å². The van der Waals surface area contributed by atoms with Gasteiger partial charge in [-0.1, -0.05) is 0 Å². The highest BCUT2D eigenvalue weighted by Gasteiger charge is 2.14. The molecular weight excluding hydrogens is 273 g/mol. The Labute approximate surface area is 121 Å². The average molecular weight is 289 g/mol. The smallest absolute Gasteiger partial charge is 0.340 e. The molecule has 2 aromatic rings. The second kappa shape index (κ2) is 6.21. The fourth-order valence-corrected chi connectivity index (χ4v) is 1.90. The molecule has 1 aromatic carbocycles. The quantitative estimate of drug-likeness (QED) is 0.668. The molecule has 0 aliphatic rings. The Balaban J connectivity index is 2.24. The molecule has 0 saturated heterocycles. The van der Waals surface area contributed by atoms with Crippen molar-refractivity contribution in [1.29, 1.82) is 0 Å². The molecule has 110 valence electrons. The molecule has 0 spiro atoms. The molecule has 0 bridgehead atoms. The van der Waals surface area contributed by atoms with Crippen LogP contribution in [0.2, 0.25) is 0 Å². The van der Waals surface area contributed by atoms with Gasteiger partial charge in [-0.05, 0) is 36.2 Å². The van der Waals surface area contributed by atoms with Crippen LogP contribution >= 0.6 is 0 Å². The highest BCUT2D eigenvalue weighted by molar-refractivity contribution is 5.96. The average Bonchev–Trinajstić information content (AvgIpc) is 2.47. The highest BCUT2D eigenvalue weighted by atomic mass is 19.1. The summed E-state index contributed by atoms with van der Waals surface area (Å²) in [6, 6.07) is 4.31. The van der Waals surface area contributed by atoms with E-state index in [1.165, 1.54) is 13.2 Å². The van der Waals surface area contributed by atoms with E-state index in [4.69, 9.17) is 5.73 Å². The van der Waals surface area contributed by atoms with Crippen molar-refractivity contribution in [2.24, 2.45) is 0 Å². The first-order chi connectivity index (χ1) is 10.0. The number of methoxy groups -OCH3 is 1. The molecule has 0 fully saturated rings. The Hall–Kier alpha value is -2.63. The third kappa shape index (κ3) is 3.28. The van der Waals surface area contributed by atoms with E-state index in [-0.39, 0.29) is 16.9 Å². The molecule has 2 rings (SSSR count). The van der Waals surface area contributed by atoms with Crippen molar-refractivity contribution >= 4 is 17.3 Å². The molecule has 0 unspecified atom stereocenters. The lowest BCUT2D eigenvalue weighted by Gasteiger charge is -2.12. The largest absolute Gasteiger partial charge is 0.465 e. The Morgan fingerprint density at radius 3 is 2.90 bits per heavy atom. The minimum absolute atomic E-state index is 0.0463. The van der Waals surface area contributed by atoms with Crippen molar-refractivity contribution in [1.82, 2.24) is 4.98 Å². The maximum atomic E-state index is 13.9. The summed E-state index contributed by atoms with van der Waals surface area (Å²) in [6.07, 6.45) is 3.40. The van der Waals surface area contributed by atoms with Crippen LogP contribution < -0.4 is 11.1 Å². The number of nitrogens with two attached hydrogens (primary N) is 1. The molecule has 0 aliphatic carbocycles. The maximum Gasteiger partial charge on any atom is 0.340 e. The number of carbonyl (C=O) groups is 1. The molecule has 0 saturated carbocycles. The number of aromatic nitrogens is 1. The monoisotopic (exact) mass is 289 g/mol. The Morgan fingerprint density at radius 2 is 2.24 bits per heavy atom. The van der Waals surface area contributed by atoms with Gasteiger partial charge in [0.1, 0.15) is 5.82 Å². The van der Waals surface area contributed by atoms with Crippen molar-refractivity contribution in [2.75, 3.05) is 18.2 Å². The first kappa shape index (κ1) is 14.8. The Morgan fingerprint density at radius 1 is 1.48 bits per heavy atom. The Kier molecular flexibility index (Phi) is 4.37. The lowest BCUT2D eigenvalue weighted by Crippen LogP contribution is -2.09. The third-order valence-corrected chi connectivity index (χ3v) is 3.15. The number of pyridine rings is 1. The van der Waals surface area contributed by atoms with Gasteiger partial charge in [-0.15, -0.1) is 0 Å². The zero-order valence-electron chi connectivity index (χ0n) is 11.8. The van der Waals surface area contributed by atoms with Crippen molar-refractivity contribution in [3.05, 3.63) is 53.1 Å². The van der Waals surface area contributed by atoms with Crippen LogP contribution in [-0.2, 0) is 11.3 Å². The number of carbonyl (C=O) groups excluding carboxylic acids is 1. The van der Waals surface area contributed by atoms with E-state index >= 15 is 0 Å². The molecule has 5 nitrogen and oxygen atoms in total. The standard InChI is InChI=1S/C15H16FN3O2/c1-9-7-18-4-3-10(9)8-19-14-5-11(15(20)21-2)13(17)6-12(14)16/h3-7,19H,8,17H2,1-2H3. The number of esters is 1. The predicted octanol–water partition coefficient (Wildman–Crippen LogP) is 2.51. The number of halogens is 1. The summed E-state index contributed by atoms with van der Waals surface area (Å²) in [5, 5.41) is 2.95. The van der Waals surface area contributed by atoms with E-state index in [9.17, 15) is 9.18 Å². The van der Waals surface area contributed by atoms with Crippen LogP contribution in [0.1, 0.15) is 21.5 Å². The van der Waals surface area contributed by atoms with Crippen LogP contribution in [0.15, 0.2) is 30.6 Å². The van der Waals surface area contributed by atoms with Gasteiger partial charge in [-0.2, -0.15) is 0 Å². The number of rotatable bonds is 4. The minimum atomic E-state index is -0.601. The zero-order chi connectivity index (χ0) is 15.4. The van der Waals surface area contributed by atoms with E-state index in [0.717, 1.165) is 17.2 Å². The number of benzene rings is 1. The molecule has 0 amide bonds. The number of nitrogens with zero attached hydrogens (tertiary/aromatic N) is 1. The number of nitrogen functional groups attached to an aromatic ring is 1. The number of aryl methyl sites for hydroxylation is 1. The van der Waals surface area contributed by atoms with Gasteiger partial charge in [0.15, 0.2) is 0 Å². The van der Waals surface area contributed by atoms with Crippen LogP contribution in [0.4, 0.5) is 15.8 Å². The van der Waals surface area contributed by atoms with Crippen molar-refractivity contribution < 1.29 is 13.9 Å². The van der Waals surface area contributed by atoms with E-state index in [1.54, 1.807) is 12.4 Å². The maximum absolute atomic E-state index is 13.9. The fourth-order valence-electron chi connectivity index (χ4n) is 1.90. The van der Waals surface area contributed by atoms with Gasteiger partial charge >= 0.3 is 5.97 Å². The second-order valence-corrected chi connectivity index (χ2v) is 4.57. The number of ether oxygens (including phenoxy) is 1. The predicted molar refractivity (Wildman–Crippen MR) is 78.5 cm³/mol. The van der Waals surface area contributed by atoms with Crippen molar-refractivity contribution in [3.8, 4) is 0 Å². The van der Waals surface area contributed by atoms with Crippen molar-refractivity contribution in [3.63, 3.8) is 0 Å². The molecule has 0 aliphatic heterocycles. The van der Waals surface area contributed by atoms with E-state index < -0.39 is 11.8 Å². The van der Waals surface area contributed by atoms with E-state index in [1.807, 2.05) is 13.0 Å². The molecule has 3 N–H and O–H groups in total. The summed E-state index contributed by atoms with van der Waals surface area (Å²) in [5.41, 5.74) is 7.98.